The van der Waals surface area contributed by atoms with Gasteiger partial charge in [0, 0.05) is 17.8 Å². The first-order chi connectivity index (χ1) is 13.7. The summed E-state index contributed by atoms with van der Waals surface area (Å²) in [7, 11) is 0. The standard InChI is InChI=1S/C22H31ClN2O3S/c1-7-9-25-14(5)19(15(6)26)20(24-22(25)29)16-10-17(23)21(28-12-13(3)4)18(11-16)27-8-2/h10-11,13,20H,7-9,12H2,1-6H3,(H,24,29). The van der Waals surface area contributed by atoms with E-state index in [1.54, 1.807) is 6.92 Å². The Labute approximate surface area is 184 Å². The lowest BCUT2D eigenvalue weighted by atomic mass is 9.92. The Bertz CT molecular complexity index is 807. The number of benzene rings is 1. The van der Waals surface area contributed by atoms with E-state index in [4.69, 9.17) is 33.3 Å². The molecule has 1 atom stereocenters. The van der Waals surface area contributed by atoms with Crippen LogP contribution in [-0.4, -0.2) is 35.6 Å². The molecule has 2 rings (SSSR count). The van der Waals surface area contributed by atoms with E-state index >= 15 is 0 Å². The van der Waals surface area contributed by atoms with E-state index in [0.717, 1.165) is 24.2 Å². The molecule has 1 aliphatic heterocycles. The third-order valence-electron chi connectivity index (χ3n) is 4.65. The maximum Gasteiger partial charge on any atom is 0.179 e. The number of hydrogen-bond donors (Lipinski definition) is 1. The minimum absolute atomic E-state index is 0.00202. The second kappa shape index (κ2) is 10.3. The number of halogens is 1. The van der Waals surface area contributed by atoms with Gasteiger partial charge in [-0.2, -0.15) is 0 Å². The Morgan fingerprint density at radius 2 is 2.00 bits per heavy atom. The highest BCUT2D eigenvalue weighted by Crippen LogP contribution is 2.41. The number of carbonyl (C=O) groups excluding carboxylic acids is 1. The lowest BCUT2D eigenvalue weighted by molar-refractivity contribution is -0.114. The number of thiocarbonyl (C=S) groups is 1. The van der Waals surface area contributed by atoms with Crippen molar-refractivity contribution in [3.8, 4) is 11.5 Å². The van der Waals surface area contributed by atoms with Crippen LogP contribution in [0.2, 0.25) is 5.02 Å². The molecule has 0 aromatic heterocycles. The Morgan fingerprint density at radius 3 is 2.55 bits per heavy atom. The monoisotopic (exact) mass is 438 g/mol. The smallest absolute Gasteiger partial charge is 0.179 e. The first-order valence-corrected chi connectivity index (χ1v) is 10.9. The fraction of sp³-hybridized carbons (Fsp3) is 0.545. The predicted octanol–water partition coefficient (Wildman–Crippen LogP) is 5.28. The number of allylic oxidation sites excluding steroid dienone is 1. The van der Waals surface area contributed by atoms with Crippen LogP contribution in [0.3, 0.4) is 0 Å². The Balaban J connectivity index is 2.54. The zero-order valence-corrected chi connectivity index (χ0v) is 19.7. The average Bonchev–Trinajstić information content (AvgIpc) is 2.63. The molecule has 0 radical (unpaired) electrons. The number of nitrogens with zero attached hydrogens (tertiary/aromatic N) is 1. The molecule has 1 unspecified atom stereocenters. The van der Waals surface area contributed by atoms with Gasteiger partial charge in [0.1, 0.15) is 0 Å². The number of rotatable bonds is 9. The highest BCUT2D eigenvalue weighted by atomic mass is 35.5. The van der Waals surface area contributed by atoms with Gasteiger partial charge in [0.15, 0.2) is 22.4 Å². The van der Waals surface area contributed by atoms with E-state index < -0.39 is 0 Å². The molecule has 160 valence electrons. The summed E-state index contributed by atoms with van der Waals surface area (Å²) in [5.41, 5.74) is 2.38. The summed E-state index contributed by atoms with van der Waals surface area (Å²) in [6.07, 6.45) is 0.928. The van der Waals surface area contributed by atoms with Crippen molar-refractivity contribution in [2.24, 2.45) is 5.92 Å². The van der Waals surface area contributed by atoms with Crippen LogP contribution in [0.15, 0.2) is 23.4 Å². The lowest BCUT2D eigenvalue weighted by Gasteiger charge is -2.37. The molecule has 1 aliphatic rings. The number of nitrogens with one attached hydrogen (secondary N) is 1. The van der Waals surface area contributed by atoms with Crippen LogP contribution in [0.4, 0.5) is 0 Å². The van der Waals surface area contributed by atoms with Gasteiger partial charge in [-0.25, -0.2) is 0 Å². The first-order valence-electron chi connectivity index (χ1n) is 10.1. The summed E-state index contributed by atoms with van der Waals surface area (Å²) >= 11 is 12.2. The average molecular weight is 439 g/mol. The number of ether oxygens (including phenoxy) is 2. The highest BCUT2D eigenvalue weighted by molar-refractivity contribution is 7.80. The largest absolute Gasteiger partial charge is 0.490 e. The molecule has 0 amide bonds. The van der Waals surface area contributed by atoms with Gasteiger partial charge in [-0.1, -0.05) is 32.4 Å². The first kappa shape index (κ1) is 23.5. The van der Waals surface area contributed by atoms with Crippen molar-refractivity contribution in [3.63, 3.8) is 0 Å². The van der Waals surface area contributed by atoms with E-state index in [1.807, 2.05) is 30.9 Å². The van der Waals surface area contributed by atoms with Crippen molar-refractivity contribution in [3.05, 3.63) is 34.0 Å². The molecule has 1 heterocycles. The number of Topliss-reactive ketones (excluding diaryl/α,β-unsaturated/α-hetero) is 1. The fourth-order valence-corrected chi connectivity index (χ4v) is 4.01. The molecule has 0 saturated carbocycles. The van der Waals surface area contributed by atoms with Crippen LogP contribution in [-0.2, 0) is 4.79 Å². The fourth-order valence-electron chi connectivity index (χ4n) is 3.39. The van der Waals surface area contributed by atoms with Gasteiger partial charge in [-0.05, 0) is 63.0 Å². The Hall–Kier alpha value is -1.79. The molecular formula is C22H31ClN2O3S. The van der Waals surface area contributed by atoms with E-state index in [9.17, 15) is 4.79 Å². The van der Waals surface area contributed by atoms with Gasteiger partial charge in [0.2, 0.25) is 0 Å². The summed E-state index contributed by atoms with van der Waals surface area (Å²) in [5, 5.41) is 4.38. The molecule has 29 heavy (non-hydrogen) atoms. The SMILES string of the molecule is CCCN1C(=S)NC(c2cc(Cl)c(OCC(C)C)c(OCC)c2)C(C(C)=O)=C1C. The summed E-state index contributed by atoms with van der Waals surface area (Å²) in [6, 6.07) is 3.33. The summed E-state index contributed by atoms with van der Waals surface area (Å²) in [4.78, 5) is 14.5. The van der Waals surface area contributed by atoms with Crippen molar-refractivity contribution in [1.82, 2.24) is 10.2 Å². The van der Waals surface area contributed by atoms with Crippen molar-refractivity contribution in [2.75, 3.05) is 19.8 Å². The summed E-state index contributed by atoms with van der Waals surface area (Å²) < 4.78 is 11.7. The van der Waals surface area contributed by atoms with Gasteiger partial charge < -0.3 is 19.7 Å². The zero-order valence-electron chi connectivity index (χ0n) is 18.1. The zero-order chi connectivity index (χ0) is 21.7. The van der Waals surface area contributed by atoms with Crippen LogP contribution in [0.5, 0.6) is 11.5 Å². The minimum atomic E-state index is -0.385. The van der Waals surface area contributed by atoms with E-state index in [1.165, 1.54) is 0 Å². The minimum Gasteiger partial charge on any atom is -0.490 e. The van der Waals surface area contributed by atoms with E-state index in [-0.39, 0.29) is 11.8 Å². The van der Waals surface area contributed by atoms with Gasteiger partial charge in [-0.15, -0.1) is 0 Å². The molecule has 1 aromatic rings. The van der Waals surface area contributed by atoms with Crippen LogP contribution < -0.4 is 14.8 Å². The van der Waals surface area contributed by atoms with E-state index in [0.29, 0.717) is 46.3 Å². The van der Waals surface area contributed by atoms with Crippen molar-refractivity contribution in [1.29, 1.82) is 0 Å². The topological polar surface area (TPSA) is 50.8 Å². The number of carbonyl (C=O) groups is 1. The summed E-state index contributed by atoms with van der Waals surface area (Å²) in [6.45, 7) is 13.4. The van der Waals surface area contributed by atoms with Gasteiger partial charge in [-0.3, -0.25) is 4.79 Å². The predicted molar refractivity (Wildman–Crippen MR) is 122 cm³/mol. The van der Waals surface area contributed by atoms with Crippen LogP contribution >= 0.6 is 23.8 Å². The molecule has 0 aliphatic carbocycles. The summed E-state index contributed by atoms with van der Waals surface area (Å²) in [5.74, 6) is 1.46. The number of ketones is 1. The normalized spacial score (nSPS) is 16.9. The number of hydrogen-bond acceptors (Lipinski definition) is 4. The van der Waals surface area contributed by atoms with E-state index in [2.05, 4.69) is 26.1 Å². The molecule has 0 saturated heterocycles. The molecular weight excluding hydrogens is 408 g/mol. The molecule has 0 fully saturated rings. The van der Waals surface area contributed by atoms with Crippen LogP contribution in [0.25, 0.3) is 0 Å². The van der Waals surface area contributed by atoms with Gasteiger partial charge >= 0.3 is 0 Å². The highest BCUT2D eigenvalue weighted by Gasteiger charge is 2.33. The molecule has 1 N–H and O–H groups in total. The maximum absolute atomic E-state index is 12.5. The van der Waals surface area contributed by atoms with Crippen molar-refractivity contribution in [2.45, 2.75) is 54.0 Å². The molecule has 0 bridgehead atoms. The van der Waals surface area contributed by atoms with Gasteiger partial charge in [0.25, 0.3) is 0 Å². The van der Waals surface area contributed by atoms with Gasteiger partial charge in [0.05, 0.1) is 24.3 Å². The Kier molecular flexibility index (Phi) is 8.34. The van der Waals surface area contributed by atoms with Crippen molar-refractivity contribution < 1.29 is 14.3 Å². The molecule has 1 aromatic carbocycles. The van der Waals surface area contributed by atoms with Crippen molar-refractivity contribution >= 4 is 34.7 Å². The lowest BCUT2D eigenvalue weighted by Crippen LogP contribution is -2.47. The van der Waals surface area contributed by atoms with Crippen LogP contribution in [0, 0.1) is 5.92 Å². The molecule has 7 heteroatoms. The second-order valence-electron chi connectivity index (χ2n) is 7.56. The molecule has 5 nitrogen and oxygen atoms in total. The van der Waals surface area contributed by atoms with Crippen LogP contribution in [0.1, 0.15) is 59.6 Å². The second-order valence-corrected chi connectivity index (χ2v) is 8.35. The quantitative estimate of drug-likeness (QED) is 0.529. The Morgan fingerprint density at radius 1 is 1.31 bits per heavy atom. The maximum atomic E-state index is 12.5. The third-order valence-corrected chi connectivity index (χ3v) is 5.27. The third kappa shape index (κ3) is 5.43. The molecule has 0 spiro atoms.